The molecule has 0 unspecified atom stereocenters. The molecule has 0 radical (unpaired) electrons. The molecule has 1 aromatic heterocycles. The van der Waals surface area contributed by atoms with Gasteiger partial charge in [-0.2, -0.15) is 13.2 Å². The van der Waals surface area contributed by atoms with Gasteiger partial charge in [-0.05, 0) is 25.1 Å². The summed E-state index contributed by atoms with van der Waals surface area (Å²) in [4.78, 5) is 16.6. The second-order valence-corrected chi connectivity index (χ2v) is 5.45. The second kappa shape index (κ2) is 7.03. The molecule has 2 aromatic carbocycles. The van der Waals surface area contributed by atoms with Crippen LogP contribution >= 0.6 is 0 Å². The number of amides is 1. The second-order valence-electron chi connectivity index (χ2n) is 5.45. The van der Waals surface area contributed by atoms with Crippen LogP contribution in [-0.2, 0) is 6.18 Å². The summed E-state index contributed by atoms with van der Waals surface area (Å²) in [7, 11) is 0. The Labute approximate surface area is 147 Å². The highest BCUT2D eigenvalue weighted by Gasteiger charge is 2.37. The Kier molecular flexibility index (Phi) is 4.79. The summed E-state index contributed by atoms with van der Waals surface area (Å²) < 4.78 is 46.3. The number of pyridine rings is 1. The lowest BCUT2D eigenvalue weighted by molar-refractivity contribution is -0.136. The summed E-state index contributed by atoms with van der Waals surface area (Å²) in [5.74, 6) is -0.520. The van der Waals surface area contributed by atoms with E-state index < -0.39 is 23.2 Å². The molecule has 7 heteroatoms. The predicted molar refractivity (Wildman–Crippen MR) is 92.3 cm³/mol. The number of fused-ring (bicyclic) bond motifs is 1. The van der Waals surface area contributed by atoms with Crippen LogP contribution in [0.5, 0.6) is 5.75 Å². The molecule has 0 bridgehead atoms. The van der Waals surface area contributed by atoms with Gasteiger partial charge in [-0.15, -0.1) is 0 Å². The maximum Gasteiger partial charge on any atom is 0.417 e. The Bertz CT molecular complexity index is 955. The SMILES string of the molecule is CCOc1ccccc1NC(=O)c1cnc2ccccc2c1C(F)(F)F. The minimum absolute atomic E-state index is 0.120. The number of benzene rings is 2. The zero-order valence-corrected chi connectivity index (χ0v) is 13.8. The molecule has 3 rings (SSSR count). The number of alkyl halides is 3. The summed E-state index contributed by atoms with van der Waals surface area (Å²) in [5, 5.41) is 2.37. The highest BCUT2D eigenvalue weighted by Crippen LogP contribution is 2.37. The van der Waals surface area contributed by atoms with Gasteiger partial charge in [0.25, 0.3) is 5.91 Å². The van der Waals surface area contributed by atoms with Gasteiger partial charge in [-0.1, -0.05) is 30.3 Å². The van der Waals surface area contributed by atoms with E-state index in [0.29, 0.717) is 18.0 Å². The van der Waals surface area contributed by atoms with Crippen molar-refractivity contribution >= 4 is 22.5 Å². The lowest BCUT2D eigenvalue weighted by Gasteiger charge is -2.16. The van der Waals surface area contributed by atoms with Crippen LogP contribution in [0.25, 0.3) is 10.9 Å². The molecule has 0 spiro atoms. The van der Waals surface area contributed by atoms with Crippen molar-refractivity contribution < 1.29 is 22.7 Å². The van der Waals surface area contributed by atoms with E-state index in [2.05, 4.69) is 10.3 Å². The van der Waals surface area contributed by atoms with E-state index in [0.717, 1.165) is 6.20 Å². The smallest absolute Gasteiger partial charge is 0.417 e. The Balaban J connectivity index is 2.07. The quantitative estimate of drug-likeness (QED) is 0.720. The van der Waals surface area contributed by atoms with Gasteiger partial charge in [0, 0.05) is 11.6 Å². The third-order valence-electron chi connectivity index (χ3n) is 3.74. The average Bonchev–Trinajstić information content (AvgIpc) is 2.61. The Morgan fingerprint density at radius 1 is 1.12 bits per heavy atom. The number of anilines is 1. The molecule has 0 aliphatic rings. The zero-order chi connectivity index (χ0) is 18.7. The van der Waals surface area contributed by atoms with Gasteiger partial charge in [0.15, 0.2) is 0 Å². The average molecular weight is 360 g/mol. The first kappa shape index (κ1) is 17.7. The van der Waals surface area contributed by atoms with E-state index >= 15 is 0 Å². The summed E-state index contributed by atoms with van der Waals surface area (Å²) in [5.41, 5.74) is -1.08. The first-order valence-corrected chi connectivity index (χ1v) is 7.90. The zero-order valence-electron chi connectivity index (χ0n) is 13.8. The number of nitrogens with zero attached hydrogens (tertiary/aromatic N) is 1. The van der Waals surface area contributed by atoms with Crippen LogP contribution in [0.1, 0.15) is 22.8 Å². The minimum Gasteiger partial charge on any atom is -0.492 e. The van der Waals surface area contributed by atoms with Crippen molar-refractivity contribution in [3.05, 3.63) is 65.9 Å². The Hall–Kier alpha value is -3.09. The summed E-state index contributed by atoms with van der Waals surface area (Å²) in [6, 6.07) is 12.4. The van der Waals surface area contributed by atoms with Crippen LogP contribution in [0.4, 0.5) is 18.9 Å². The number of hydrogen-bond acceptors (Lipinski definition) is 3. The van der Waals surface area contributed by atoms with Crippen molar-refractivity contribution in [2.45, 2.75) is 13.1 Å². The third-order valence-corrected chi connectivity index (χ3v) is 3.74. The topological polar surface area (TPSA) is 51.2 Å². The van der Waals surface area contributed by atoms with Gasteiger partial charge >= 0.3 is 6.18 Å². The minimum atomic E-state index is -4.70. The third kappa shape index (κ3) is 3.46. The van der Waals surface area contributed by atoms with Gasteiger partial charge in [-0.25, -0.2) is 0 Å². The standard InChI is InChI=1S/C19H15F3N2O2/c1-2-26-16-10-6-5-9-15(16)24-18(25)13-11-23-14-8-4-3-7-12(14)17(13)19(20,21)22/h3-11H,2H2,1H3,(H,24,25). The molecular formula is C19H15F3N2O2. The number of aromatic nitrogens is 1. The number of nitrogens with one attached hydrogen (secondary N) is 1. The molecule has 0 saturated carbocycles. The number of ether oxygens (including phenoxy) is 1. The van der Waals surface area contributed by atoms with Gasteiger partial charge in [0.2, 0.25) is 0 Å². The fourth-order valence-corrected chi connectivity index (χ4v) is 2.66. The molecule has 3 aromatic rings. The van der Waals surface area contributed by atoms with Crippen LogP contribution in [0.2, 0.25) is 0 Å². The van der Waals surface area contributed by atoms with Crippen molar-refractivity contribution in [3.63, 3.8) is 0 Å². The van der Waals surface area contributed by atoms with Crippen molar-refractivity contribution in [3.8, 4) is 5.75 Å². The van der Waals surface area contributed by atoms with E-state index in [1.54, 1.807) is 37.3 Å². The van der Waals surface area contributed by atoms with Crippen molar-refractivity contribution in [2.75, 3.05) is 11.9 Å². The van der Waals surface area contributed by atoms with Gasteiger partial charge in [0.05, 0.1) is 28.9 Å². The summed E-state index contributed by atoms with van der Waals surface area (Å²) in [6.45, 7) is 2.13. The maximum atomic E-state index is 13.6. The molecule has 134 valence electrons. The van der Waals surface area contributed by atoms with Crippen molar-refractivity contribution in [1.82, 2.24) is 4.98 Å². The fourth-order valence-electron chi connectivity index (χ4n) is 2.66. The number of carbonyl (C=O) groups excluding carboxylic acids is 1. The van der Waals surface area contributed by atoms with Crippen molar-refractivity contribution in [2.24, 2.45) is 0 Å². The van der Waals surface area contributed by atoms with Crippen LogP contribution in [-0.4, -0.2) is 17.5 Å². The van der Waals surface area contributed by atoms with E-state index in [1.165, 1.54) is 18.2 Å². The molecule has 1 N–H and O–H groups in total. The number of para-hydroxylation sites is 3. The molecular weight excluding hydrogens is 345 g/mol. The van der Waals surface area contributed by atoms with Gasteiger partial charge in [-0.3, -0.25) is 9.78 Å². The fraction of sp³-hybridized carbons (Fsp3) is 0.158. The highest BCUT2D eigenvalue weighted by atomic mass is 19.4. The molecule has 0 fully saturated rings. The van der Waals surface area contributed by atoms with Crippen LogP contribution in [0.15, 0.2) is 54.7 Å². The summed E-state index contributed by atoms with van der Waals surface area (Å²) in [6.07, 6.45) is -3.75. The first-order valence-electron chi connectivity index (χ1n) is 7.90. The molecule has 26 heavy (non-hydrogen) atoms. The predicted octanol–water partition coefficient (Wildman–Crippen LogP) is 4.90. The Morgan fingerprint density at radius 3 is 2.54 bits per heavy atom. The first-order chi connectivity index (χ1) is 12.4. The summed E-state index contributed by atoms with van der Waals surface area (Å²) >= 11 is 0. The van der Waals surface area contributed by atoms with Crippen molar-refractivity contribution in [1.29, 1.82) is 0 Å². The van der Waals surface area contributed by atoms with Crippen LogP contribution < -0.4 is 10.1 Å². The molecule has 1 heterocycles. The normalized spacial score (nSPS) is 11.4. The van der Waals surface area contributed by atoms with Crippen LogP contribution in [0.3, 0.4) is 0 Å². The monoisotopic (exact) mass is 360 g/mol. The molecule has 0 atom stereocenters. The number of rotatable bonds is 4. The van der Waals surface area contributed by atoms with E-state index in [-0.39, 0.29) is 10.9 Å². The van der Waals surface area contributed by atoms with Gasteiger partial charge in [0.1, 0.15) is 5.75 Å². The van der Waals surface area contributed by atoms with Gasteiger partial charge < -0.3 is 10.1 Å². The largest absolute Gasteiger partial charge is 0.492 e. The number of carbonyl (C=O) groups is 1. The van der Waals surface area contributed by atoms with E-state index in [9.17, 15) is 18.0 Å². The molecule has 0 aliphatic heterocycles. The van der Waals surface area contributed by atoms with E-state index in [4.69, 9.17) is 4.74 Å². The number of hydrogen-bond donors (Lipinski definition) is 1. The molecule has 0 saturated heterocycles. The highest BCUT2D eigenvalue weighted by molar-refractivity contribution is 6.08. The Morgan fingerprint density at radius 2 is 1.81 bits per heavy atom. The molecule has 4 nitrogen and oxygen atoms in total. The lowest BCUT2D eigenvalue weighted by Crippen LogP contribution is -2.20. The molecule has 1 amide bonds. The molecule has 0 aliphatic carbocycles. The van der Waals surface area contributed by atoms with E-state index in [1.807, 2.05) is 0 Å². The number of halogens is 3. The lowest BCUT2D eigenvalue weighted by atomic mass is 10.0. The van der Waals surface area contributed by atoms with Crippen LogP contribution in [0, 0.1) is 0 Å². The maximum absolute atomic E-state index is 13.6.